The van der Waals surface area contributed by atoms with E-state index in [4.69, 9.17) is 0 Å². The van der Waals surface area contributed by atoms with Crippen molar-refractivity contribution in [2.75, 3.05) is 13.6 Å². The highest BCUT2D eigenvalue weighted by Gasteiger charge is 2.19. The zero-order valence-corrected chi connectivity index (χ0v) is 11.1. The zero-order valence-electron chi connectivity index (χ0n) is 11.1. The number of benzene rings is 1. The van der Waals surface area contributed by atoms with Crippen molar-refractivity contribution in [3.05, 3.63) is 35.9 Å². The molecule has 1 aliphatic carbocycles. The number of rotatable bonds is 4. The Bertz CT molecular complexity index is 395. The molecular formula is C16H22N2. The molecule has 0 saturated heterocycles. The highest BCUT2D eigenvalue weighted by molar-refractivity contribution is 5.79. The van der Waals surface area contributed by atoms with Crippen LogP contribution >= 0.6 is 0 Å². The Kier molecular flexibility index (Phi) is 5.13. The van der Waals surface area contributed by atoms with Gasteiger partial charge in [-0.2, -0.15) is 0 Å². The summed E-state index contributed by atoms with van der Waals surface area (Å²) in [5.74, 6) is 1.42. The summed E-state index contributed by atoms with van der Waals surface area (Å²) in [7, 11) is 1.87. The number of hydrogen-bond donors (Lipinski definition) is 0. The molecule has 0 aromatic heterocycles. The average Bonchev–Trinajstić information content (AvgIpc) is 2.41. The molecule has 0 heterocycles. The van der Waals surface area contributed by atoms with Gasteiger partial charge in [-0.25, -0.2) is 0 Å². The van der Waals surface area contributed by atoms with Gasteiger partial charge in [0.1, 0.15) is 0 Å². The third kappa shape index (κ3) is 4.10. The molecule has 0 radical (unpaired) electrons. The summed E-state index contributed by atoms with van der Waals surface area (Å²) in [5, 5.41) is 0. The van der Waals surface area contributed by atoms with E-state index in [1.165, 1.54) is 31.2 Å². The standard InChI is InChI=1S/C16H22N2/c1-17-11-15-8-5-9-16(10-15)13-18-12-14-6-3-2-4-7-14/h2-4,6-7,11-12,15-16H,5,8-10,13H2,1H3/b17-11+,18-12+. The topological polar surface area (TPSA) is 24.7 Å². The van der Waals surface area contributed by atoms with Crippen molar-refractivity contribution in [3.8, 4) is 0 Å². The lowest BCUT2D eigenvalue weighted by Crippen LogP contribution is -2.18. The van der Waals surface area contributed by atoms with Crippen LogP contribution in [0.1, 0.15) is 31.2 Å². The summed E-state index contributed by atoms with van der Waals surface area (Å²) in [4.78, 5) is 8.75. The molecule has 0 bridgehead atoms. The molecule has 0 spiro atoms. The fraction of sp³-hybridized carbons (Fsp3) is 0.500. The van der Waals surface area contributed by atoms with Crippen molar-refractivity contribution in [1.82, 2.24) is 0 Å². The van der Waals surface area contributed by atoms with Gasteiger partial charge >= 0.3 is 0 Å². The van der Waals surface area contributed by atoms with E-state index in [-0.39, 0.29) is 0 Å². The Labute approximate surface area is 110 Å². The molecule has 2 heteroatoms. The Morgan fingerprint density at radius 2 is 2.06 bits per heavy atom. The second-order valence-corrected chi connectivity index (χ2v) is 5.10. The third-order valence-electron chi connectivity index (χ3n) is 3.59. The first-order valence-corrected chi connectivity index (χ1v) is 6.85. The summed E-state index contributed by atoms with van der Waals surface area (Å²) < 4.78 is 0. The van der Waals surface area contributed by atoms with E-state index in [0.29, 0.717) is 5.92 Å². The second kappa shape index (κ2) is 7.10. The van der Waals surface area contributed by atoms with Gasteiger partial charge in [-0.1, -0.05) is 36.8 Å². The van der Waals surface area contributed by atoms with Gasteiger partial charge in [0.05, 0.1) is 0 Å². The van der Waals surface area contributed by atoms with Crippen LogP contribution in [0.4, 0.5) is 0 Å². The van der Waals surface area contributed by atoms with Crippen LogP contribution < -0.4 is 0 Å². The minimum absolute atomic E-state index is 0.681. The van der Waals surface area contributed by atoms with E-state index in [0.717, 1.165) is 12.5 Å². The fourth-order valence-electron chi connectivity index (χ4n) is 2.69. The van der Waals surface area contributed by atoms with Gasteiger partial charge in [0.15, 0.2) is 0 Å². The van der Waals surface area contributed by atoms with Gasteiger partial charge in [-0.05, 0) is 36.7 Å². The smallest absolute Gasteiger partial charge is 0.0418 e. The fourth-order valence-corrected chi connectivity index (χ4v) is 2.69. The number of nitrogens with zero attached hydrogens (tertiary/aromatic N) is 2. The largest absolute Gasteiger partial charge is 0.301 e. The molecule has 0 N–H and O–H groups in total. The number of aliphatic imine (C=N–C) groups is 2. The molecule has 2 rings (SSSR count). The molecule has 2 nitrogen and oxygen atoms in total. The summed E-state index contributed by atoms with van der Waals surface area (Å²) >= 11 is 0. The van der Waals surface area contributed by atoms with Crippen LogP contribution in [0.25, 0.3) is 0 Å². The average molecular weight is 242 g/mol. The van der Waals surface area contributed by atoms with Crippen molar-refractivity contribution in [2.24, 2.45) is 21.8 Å². The van der Waals surface area contributed by atoms with Crippen molar-refractivity contribution in [1.29, 1.82) is 0 Å². The van der Waals surface area contributed by atoms with Crippen LogP contribution in [-0.2, 0) is 0 Å². The monoisotopic (exact) mass is 242 g/mol. The lowest BCUT2D eigenvalue weighted by Gasteiger charge is -2.25. The maximum absolute atomic E-state index is 4.59. The first kappa shape index (κ1) is 13.0. The van der Waals surface area contributed by atoms with Crippen LogP contribution in [0, 0.1) is 11.8 Å². The molecule has 2 atom stereocenters. The van der Waals surface area contributed by atoms with Gasteiger partial charge in [0.2, 0.25) is 0 Å². The Balaban J connectivity index is 1.81. The van der Waals surface area contributed by atoms with E-state index in [1.54, 1.807) is 0 Å². The van der Waals surface area contributed by atoms with E-state index in [1.807, 2.05) is 19.3 Å². The van der Waals surface area contributed by atoms with Crippen LogP contribution in [-0.4, -0.2) is 26.0 Å². The minimum atomic E-state index is 0.681. The quantitative estimate of drug-likeness (QED) is 0.721. The first-order chi connectivity index (χ1) is 8.88. The van der Waals surface area contributed by atoms with Crippen molar-refractivity contribution < 1.29 is 0 Å². The lowest BCUT2D eigenvalue weighted by molar-refractivity contribution is 0.328. The van der Waals surface area contributed by atoms with Gasteiger partial charge in [-0.3, -0.25) is 4.99 Å². The van der Waals surface area contributed by atoms with Crippen molar-refractivity contribution >= 4 is 12.4 Å². The molecule has 1 aromatic carbocycles. The summed E-state index contributed by atoms with van der Waals surface area (Å²) in [6.07, 6.45) is 9.31. The molecule has 1 fully saturated rings. The summed E-state index contributed by atoms with van der Waals surface area (Å²) in [6, 6.07) is 10.3. The molecule has 0 aliphatic heterocycles. The maximum Gasteiger partial charge on any atom is 0.0418 e. The van der Waals surface area contributed by atoms with Crippen LogP contribution in [0.2, 0.25) is 0 Å². The summed E-state index contributed by atoms with van der Waals surface area (Å²) in [6.45, 7) is 0.961. The molecule has 0 amide bonds. The lowest BCUT2D eigenvalue weighted by atomic mass is 9.82. The van der Waals surface area contributed by atoms with E-state index >= 15 is 0 Å². The zero-order chi connectivity index (χ0) is 12.6. The highest BCUT2D eigenvalue weighted by atomic mass is 14.7. The highest BCUT2D eigenvalue weighted by Crippen LogP contribution is 2.28. The van der Waals surface area contributed by atoms with Crippen molar-refractivity contribution in [2.45, 2.75) is 25.7 Å². The van der Waals surface area contributed by atoms with Crippen molar-refractivity contribution in [3.63, 3.8) is 0 Å². The van der Waals surface area contributed by atoms with Gasteiger partial charge in [-0.15, -0.1) is 0 Å². The summed E-state index contributed by atoms with van der Waals surface area (Å²) in [5.41, 5.74) is 1.19. The Morgan fingerprint density at radius 3 is 2.83 bits per heavy atom. The molecule has 1 aromatic rings. The van der Waals surface area contributed by atoms with Crippen LogP contribution in [0.3, 0.4) is 0 Å². The Hall–Kier alpha value is -1.44. The van der Waals surface area contributed by atoms with E-state index < -0.39 is 0 Å². The molecule has 1 saturated carbocycles. The van der Waals surface area contributed by atoms with Crippen LogP contribution in [0.15, 0.2) is 40.3 Å². The van der Waals surface area contributed by atoms with Gasteiger partial charge in [0, 0.05) is 26.0 Å². The molecule has 2 unspecified atom stereocenters. The first-order valence-electron chi connectivity index (χ1n) is 6.85. The normalized spacial score (nSPS) is 24.9. The molecule has 1 aliphatic rings. The molecule has 96 valence electrons. The predicted octanol–water partition coefficient (Wildman–Crippen LogP) is 3.61. The number of hydrogen-bond acceptors (Lipinski definition) is 2. The maximum atomic E-state index is 4.59. The van der Waals surface area contributed by atoms with E-state index in [9.17, 15) is 0 Å². The predicted molar refractivity (Wildman–Crippen MR) is 78.8 cm³/mol. The third-order valence-corrected chi connectivity index (χ3v) is 3.59. The minimum Gasteiger partial charge on any atom is -0.301 e. The van der Waals surface area contributed by atoms with E-state index in [2.05, 4.69) is 40.5 Å². The molecule has 18 heavy (non-hydrogen) atoms. The second-order valence-electron chi connectivity index (χ2n) is 5.10. The van der Waals surface area contributed by atoms with Gasteiger partial charge < -0.3 is 4.99 Å². The SMILES string of the molecule is C/N=C/C1CCCC(C/N=C/c2ccccc2)C1. The Morgan fingerprint density at radius 1 is 1.22 bits per heavy atom. The van der Waals surface area contributed by atoms with Gasteiger partial charge in [0.25, 0.3) is 0 Å². The van der Waals surface area contributed by atoms with Crippen LogP contribution in [0.5, 0.6) is 0 Å². The molecular weight excluding hydrogens is 220 g/mol.